The minimum Gasteiger partial charge on any atom is -0.493 e. The van der Waals surface area contributed by atoms with Crippen molar-refractivity contribution in [1.29, 1.82) is 0 Å². The lowest BCUT2D eigenvalue weighted by molar-refractivity contribution is 0.280. The summed E-state index contributed by atoms with van der Waals surface area (Å²) in [6, 6.07) is 9.26. The molecule has 0 heterocycles. The van der Waals surface area contributed by atoms with Crippen molar-refractivity contribution in [3.63, 3.8) is 0 Å². The summed E-state index contributed by atoms with van der Waals surface area (Å²) in [7, 11) is 5.78. The Hall–Kier alpha value is -0.980. The minimum atomic E-state index is 0.263. The highest BCUT2D eigenvalue weighted by atomic mass is 79.9. The predicted molar refractivity (Wildman–Crippen MR) is 116 cm³/mol. The number of methoxy groups -OCH3 is 1. The van der Waals surface area contributed by atoms with Gasteiger partial charge in [0.1, 0.15) is 6.61 Å². The highest BCUT2D eigenvalue weighted by molar-refractivity contribution is 9.10. The molecule has 2 rings (SSSR count). The fraction of sp³-hybridized carbons (Fsp3) is 0.400. The minimum absolute atomic E-state index is 0.263. The van der Waals surface area contributed by atoms with E-state index in [2.05, 4.69) is 40.2 Å². The number of hydrogen-bond acceptors (Lipinski definition) is 4. The summed E-state index contributed by atoms with van der Waals surface area (Å²) in [5.74, 6) is 1.36. The number of rotatable bonds is 10. The zero-order valence-corrected chi connectivity index (χ0v) is 18.9. The number of ether oxygens (including phenoxy) is 2. The standard InChI is InChI=1S/C20H25BrCl2N2O2/c1-25(2)11-5-10-24-12-14-16(21)8-9-19(26-3)20(14)27-13-15-17(22)6-4-7-18(15)23/h4,6-9,24H,5,10-13H2,1-3H3. The summed E-state index contributed by atoms with van der Waals surface area (Å²) in [5, 5.41) is 4.63. The van der Waals surface area contributed by atoms with E-state index in [1.165, 1.54) is 0 Å². The zero-order chi connectivity index (χ0) is 19.8. The molecule has 0 atom stereocenters. The lowest BCUT2D eigenvalue weighted by Gasteiger charge is -2.18. The Kier molecular flexibility index (Phi) is 9.19. The van der Waals surface area contributed by atoms with Crippen LogP contribution in [-0.4, -0.2) is 39.2 Å². The molecule has 0 aliphatic heterocycles. The number of hydrogen-bond donors (Lipinski definition) is 1. The van der Waals surface area contributed by atoms with E-state index in [4.69, 9.17) is 32.7 Å². The van der Waals surface area contributed by atoms with Crippen LogP contribution in [0, 0.1) is 0 Å². The molecule has 0 aromatic heterocycles. The first-order valence-corrected chi connectivity index (χ1v) is 10.3. The molecule has 1 N–H and O–H groups in total. The molecule has 0 aliphatic rings. The summed E-state index contributed by atoms with van der Waals surface area (Å²) in [6.45, 7) is 2.88. The second-order valence-corrected chi connectivity index (χ2v) is 8.05. The van der Waals surface area contributed by atoms with Gasteiger partial charge in [0, 0.05) is 32.2 Å². The molecule has 0 radical (unpaired) electrons. The van der Waals surface area contributed by atoms with Gasteiger partial charge >= 0.3 is 0 Å². The molecular weight excluding hydrogens is 451 g/mol. The van der Waals surface area contributed by atoms with Crippen molar-refractivity contribution in [2.24, 2.45) is 0 Å². The average Bonchev–Trinajstić information content (AvgIpc) is 2.62. The smallest absolute Gasteiger partial charge is 0.167 e. The van der Waals surface area contributed by atoms with E-state index in [9.17, 15) is 0 Å². The zero-order valence-electron chi connectivity index (χ0n) is 15.8. The molecular formula is C20H25BrCl2N2O2. The molecule has 0 amide bonds. The Balaban J connectivity index is 2.14. The normalized spacial score (nSPS) is 11.1. The van der Waals surface area contributed by atoms with Gasteiger partial charge in [0.2, 0.25) is 0 Å². The summed E-state index contributed by atoms with van der Waals surface area (Å²) in [4.78, 5) is 2.17. The Morgan fingerprint density at radius 1 is 1.07 bits per heavy atom. The van der Waals surface area contributed by atoms with Gasteiger partial charge in [-0.15, -0.1) is 0 Å². The van der Waals surface area contributed by atoms with E-state index in [1.807, 2.05) is 18.2 Å². The maximum absolute atomic E-state index is 6.26. The van der Waals surface area contributed by atoms with Crippen molar-refractivity contribution in [3.05, 3.63) is 56.0 Å². The van der Waals surface area contributed by atoms with E-state index >= 15 is 0 Å². The molecule has 0 saturated carbocycles. The Morgan fingerprint density at radius 3 is 2.41 bits per heavy atom. The number of benzene rings is 2. The van der Waals surface area contributed by atoms with Crippen LogP contribution in [0.25, 0.3) is 0 Å². The molecule has 0 fully saturated rings. The highest BCUT2D eigenvalue weighted by Gasteiger charge is 2.16. The topological polar surface area (TPSA) is 33.7 Å². The van der Waals surface area contributed by atoms with Crippen molar-refractivity contribution in [2.75, 3.05) is 34.3 Å². The Labute approximate surface area is 179 Å². The second kappa shape index (κ2) is 11.1. The van der Waals surface area contributed by atoms with Gasteiger partial charge in [-0.3, -0.25) is 0 Å². The van der Waals surface area contributed by atoms with E-state index < -0.39 is 0 Å². The maximum Gasteiger partial charge on any atom is 0.167 e. The summed E-state index contributed by atoms with van der Waals surface area (Å²) < 4.78 is 12.6. The van der Waals surface area contributed by atoms with Crippen LogP contribution in [0.2, 0.25) is 10.0 Å². The quantitative estimate of drug-likeness (QED) is 0.467. The first kappa shape index (κ1) is 22.3. The van der Waals surface area contributed by atoms with Crippen molar-refractivity contribution in [3.8, 4) is 11.5 Å². The van der Waals surface area contributed by atoms with E-state index in [0.29, 0.717) is 28.1 Å². The predicted octanol–water partition coefficient (Wildman–Crippen LogP) is 5.38. The third kappa shape index (κ3) is 6.54. The number of nitrogens with zero attached hydrogens (tertiary/aromatic N) is 1. The van der Waals surface area contributed by atoms with Crippen LogP contribution in [0.5, 0.6) is 11.5 Å². The van der Waals surface area contributed by atoms with E-state index in [1.54, 1.807) is 19.2 Å². The summed E-state index contributed by atoms with van der Waals surface area (Å²) >= 11 is 16.1. The van der Waals surface area contributed by atoms with Crippen LogP contribution < -0.4 is 14.8 Å². The van der Waals surface area contributed by atoms with Crippen LogP contribution in [-0.2, 0) is 13.2 Å². The van der Waals surface area contributed by atoms with Crippen LogP contribution in [0.15, 0.2) is 34.8 Å². The lowest BCUT2D eigenvalue weighted by atomic mass is 10.1. The highest BCUT2D eigenvalue weighted by Crippen LogP contribution is 2.37. The first-order chi connectivity index (χ1) is 12.9. The van der Waals surface area contributed by atoms with Gasteiger partial charge in [0.15, 0.2) is 11.5 Å². The van der Waals surface area contributed by atoms with Gasteiger partial charge in [0.25, 0.3) is 0 Å². The van der Waals surface area contributed by atoms with E-state index in [-0.39, 0.29) is 6.61 Å². The van der Waals surface area contributed by atoms with Crippen LogP contribution >= 0.6 is 39.1 Å². The molecule has 0 unspecified atom stereocenters. The molecule has 4 nitrogen and oxygen atoms in total. The average molecular weight is 476 g/mol. The van der Waals surface area contributed by atoms with Gasteiger partial charge < -0.3 is 19.7 Å². The molecule has 2 aromatic carbocycles. The number of halogens is 3. The number of nitrogens with one attached hydrogen (secondary N) is 1. The van der Waals surface area contributed by atoms with Gasteiger partial charge in [0.05, 0.1) is 7.11 Å². The Bertz CT molecular complexity index is 737. The molecule has 7 heteroatoms. The fourth-order valence-electron chi connectivity index (χ4n) is 2.61. The first-order valence-electron chi connectivity index (χ1n) is 8.70. The van der Waals surface area contributed by atoms with E-state index in [0.717, 1.165) is 35.1 Å². The summed E-state index contributed by atoms with van der Waals surface area (Å²) in [6.07, 6.45) is 1.07. The van der Waals surface area contributed by atoms with Crippen LogP contribution in [0.1, 0.15) is 17.5 Å². The molecule has 27 heavy (non-hydrogen) atoms. The molecule has 0 saturated heterocycles. The van der Waals surface area contributed by atoms with Gasteiger partial charge in [-0.1, -0.05) is 45.2 Å². The fourth-order valence-corrected chi connectivity index (χ4v) is 3.57. The van der Waals surface area contributed by atoms with Crippen LogP contribution in [0.3, 0.4) is 0 Å². The van der Waals surface area contributed by atoms with Gasteiger partial charge in [-0.05, 0) is 57.9 Å². The monoisotopic (exact) mass is 474 g/mol. The van der Waals surface area contributed by atoms with Gasteiger partial charge in [-0.2, -0.15) is 0 Å². The molecule has 0 aliphatic carbocycles. The molecule has 0 spiro atoms. The maximum atomic E-state index is 6.26. The van der Waals surface area contributed by atoms with Crippen molar-refractivity contribution in [1.82, 2.24) is 10.2 Å². The van der Waals surface area contributed by atoms with Crippen molar-refractivity contribution in [2.45, 2.75) is 19.6 Å². The molecule has 2 aromatic rings. The Morgan fingerprint density at radius 2 is 1.78 bits per heavy atom. The molecule has 148 valence electrons. The van der Waals surface area contributed by atoms with Crippen LogP contribution in [0.4, 0.5) is 0 Å². The third-order valence-electron chi connectivity index (χ3n) is 4.07. The SMILES string of the molecule is COc1ccc(Br)c(CNCCCN(C)C)c1OCc1c(Cl)cccc1Cl. The largest absolute Gasteiger partial charge is 0.493 e. The van der Waals surface area contributed by atoms with Crippen molar-refractivity contribution < 1.29 is 9.47 Å². The van der Waals surface area contributed by atoms with Crippen molar-refractivity contribution >= 4 is 39.1 Å². The lowest BCUT2D eigenvalue weighted by Crippen LogP contribution is -2.21. The molecule has 0 bridgehead atoms. The third-order valence-corrected chi connectivity index (χ3v) is 5.52. The second-order valence-electron chi connectivity index (χ2n) is 6.38. The van der Waals surface area contributed by atoms with Gasteiger partial charge in [-0.25, -0.2) is 0 Å². The summed E-state index contributed by atoms with van der Waals surface area (Å²) in [5.41, 5.74) is 1.76.